The van der Waals surface area contributed by atoms with Crippen molar-refractivity contribution in [2.45, 2.75) is 89.5 Å². The van der Waals surface area contributed by atoms with Crippen LogP contribution in [-0.2, 0) is 6.42 Å². The lowest BCUT2D eigenvalue weighted by molar-refractivity contribution is 0.137. The van der Waals surface area contributed by atoms with Crippen molar-refractivity contribution >= 4 is 58.0 Å². The smallest absolute Gasteiger partial charge is 0.155 e. The van der Waals surface area contributed by atoms with Gasteiger partial charge in [-0.05, 0) is 37.2 Å². The molecule has 4 nitrogen and oxygen atoms in total. The maximum absolute atomic E-state index is 9.49. The van der Waals surface area contributed by atoms with Crippen molar-refractivity contribution in [2.75, 3.05) is 13.2 Å². The van der Waals surface area contributed by atoms with Crippen LogP contribution >= 0.6 is 58.0 Å². The molecule has 0 aromatic heterocycles. The summed E-state index contributed by atoms with van der Waals surface area (Å²) >= 11 is 27.9. The zero-order valence-corrected chi connectivity index (χ0v) is 26.0. The number of rotatable bonds is 16. The molecule has 0 saturated carbocycles. The average molecular weight is 630 g/mol. The largest absolute Gasteiger partial charge is 0.505 e. The molecular formula is C29H42Cl5NO3. The van der Waals surface area contributed by atoms with Crippen molar-refractivity contribution in [1.82, 2.24) is 0 Å². The van der Waals surface area contributed by atoms with E-state index in [0.29, 0.717) is 18.8 Å². The van der Waals surface area contributed by atoms with E-state index in [1.165, 1.54) is 56.9 Å². The van der Waals surface area contributed by atoms with E-state index >= 15 is 0 Å². The first kappa shape index (κ1) is 35.6. The summed E-state index contributed by atoms with van der Waals surface area (Å²) in [5.74, 6) is -0.0676. The molecule has 0 aliphatic heterocycles. The van der Waals surface area contributed by atoms with Gasteiger partial charge in [-0.1, -0.05) is 147 Å². The van der Waals surface area contributed by atoms with Crippen molar-refractivity contribution < 1.29 is 15.3 Å². The molecule has 1 atom stereocenters. The first-order valence-electron chi connectivity index (χ1n) is 13.4. The van der Waals surface area contributed by atoms with Crippen LogP contribution in [0.4, 0.5) is 0 Å². The number of aliphatic hydroxyl groups is 2. The molecule has 0 aliphatic carbocycles. The highest BCUT2D eigenvalue weighted by Crippen LogP contribution is 2.47. The van der Waals surface area contributed by atoms with E-state index in [9.17, 15) is 15.3 Å². The van der Waals surface area contributed by atoms with Crippen LogP contribution in [-0.4, -0.2) is 34.1 Å². The lowest BCUT2D eigenvalue weighted by Crippen LogP contribution is -2.49. The van der Waals surface area contributed by atoms with Crippen molar-refractivity contribution in [3.05, 3.63) is 61.0 Å². The molecule has 0 radical (unpaired) electrons. The van der Waals surface area contributed by atoms with E-state index in [2.05, 4.69) is 31.2 Å². The van der Waals surface area contributed by atoms with Gasteiger partial charge in [0.25, 0.3) is 0 Å². The normalized spacial score (nSPS) is 12.2. The van der Waals surface area contributed by atoms with Gasteiger partial charge >= 0.3 is 0 Å². The lowest BCUT2D eigenvalue weighted by atomic mass is 9.74. The minimum atomic E-state index is -0.486. The number of aliphatic hydroxyl groups excluding tert-OH is 2. The second kappa shape index (κ2) is 19.6. The number of hydrogen-bond acceptors (Lipinski definition) is 4. The van der Waals surface area contributed by atoms with Gasteiger partial charge in [0, 0.05) is 18.8 Å². The average Bonchev–Trinajstić information content (AvgIpc) is 2.91. The molecule has 0 bridgehead atoms. The Morgan fingerprint density at radius 2 is 1.16 bits per heavy atom. The van der Waals surface area contributed by atoms with Crippen molar-refractivity contribution in [3.8, 4) is 5.75 Å². The molecule has 1 unspecified atom stereocenters. The zero-order valence-electron chi connectivity index (χ0n) is 22.2. The molecule has 9 heteroatoms. The van der Waals surface area contributed by atoms with E-state index in [1.54, 1.807) is 0 Å². The third-order valence-corrected chi connectivity index (χ3v) is 9.14. The van der Waals surface area contributed by atoms with Gasteiger partial charge in [0.05, 0.1) is 15.1 Å². The second-order valence-corrected chi connectivity index (χ2v) is 11.6. The van der Waals surface area contributed by atoms with Crippen LogP contribution in [0, 0.1) is 5.92 Å². The standard InChI is InChI=1S/C23H41NO2.C6HCl5O/c1-2-3-4-5-6-7-8-12-15-22(20-21-13-10-9-11-14-21)23(24,16-18-25)17-19-26;7-1-2(8)4(10)6(12)5(11)3(1)9/h9-11,13-14,22,25-26H,2-8,12,15-20,24H2,1H3;12H. The van der Waals surface area contributed by atoms with Crippen LogP contribution in [0.3, 0.4) is 0 Å². The minimum Gasteiger partial charge on any atom is -0.505 e. The Kier molecular flexibility index (Phi) is 18.4. The molecule has 2 aromatic carbocycles. The molecule has 0 amide bonds. The maximum atomic E-state index is 9.49. The molecule has 0 aliphatic rings. The van der Waals surface area contributed by atoms with Crippen molar-refractivity contribution in [1.29, 1.82) is 0 Å². The third kappa shape index (κ3) is 12.0. The number of nitrogens with two attached hydrogens (primary N) is 1. The van der Waals surface area contributed by atoms with Crippen LogP contribution in [0.15, 0.2) is 30.3 Å². The van der Waals surface area contributed by atoms with Gasteiger partial charge in [-0.3, -0.25) is 0 Å². The summed E-state index contributed by atoms with van der Waals surface area (Å²) in [6, 6.07) is 10.5. The number of phenols is 1. The molecule has 2 rings (SSSR count). The van der Waals surface area contributed by atoms with Crippen molar-refractivity contribution in [3.63, 3.8) is 0 Å². The van der Waals surface area contributed by atoms with Crippen LogP contribution in [0.25, 0.3) is 0 Å². The molecule has 0 heterocycles. The van der Waals surface area contributed by atoms with Gasteiger partial charge in [0.15, 0.2) is 5.75 Å². The fourth-order valence-electron chi connectivity index (χ4n) is 4.56. The summed E-state index contributed by atoms with van der Waals surface area (Å²) in [5.41, 5.74) is 7.50. The second-order valence-electron chi connectivity index (χ2n) is 9.75. The summed E-state index contributed by atoms with van der Waals surface area (Å²) < 4.78 is 0. The highest BCUT2D eigenvalue weighted by atomic mass is 35.5. The van der Waals surface area contributed by atoms with E-state index < -0.39 is 5.54 Å². The maximum Gasteiger partial charge on any atom is 0.155 e. The molecule has 0 spiro atoms. The quantitative estimate of drug-likeness (QED) is 0.0846. The van der Waals surface area contributed by atoms with Crippen LogP contribution in [0.2, 0.25) is 25.1 Å². The van der Waals surface area contributed by atoms with E-state index in [1.807, 2.05) is 6.07 Å². The van der Waals surface area contributed by atoms with Crippen LogP contribution < -0.4 is 5.73 Å². The fraction of sp³-hybridized carbons (Fsp3) is 0.586. The van der Waals surface area contributed by atoms with Crippen molar-refractivity contribution in [2.24, 2.45) is 11.7 Å². The van der Waals surface area contributed by atoms with E-state index in [0.717, 1.165) is 12.8 Å². The van der Waals surface area contributed by atoms with Gasteiger partial charge in [-0.25, -0.2) is 0 Å². The number of benzene rings is 2. The zero-order chi connectivity index (χ0) is 28.6. The van der Waals surface area contributed by atoms with Crippen LogP contribution in [0.1, 0.15) is 83.1 Å². The summed E-state index contributed by atoms with van der Waals surface area (Å²) in [4.78, 5) is 0. The Labute approximate surface area is 253 Å². The van der Waals surface area contributed by atoms with Gasteiger partial charge in [0.1, 0.15) is 10.0 Å². The summed E-state index contributed by atoms with van der Waals surface area (Å²) in [6.07, 6.45) is 13.6. The SMILES string of the molecule is CCCCCCCCCCC(Cc1ccccc1)C(N)(CCO)CCO.Oc1c(Cl)c(Cl)c(Cl)c(Cl)c1Cl. The first-order chi connectivity index (χ1) is 18.1. The van der Waals surface area contributed by atoms with Gasteiger partial charge in [-0.2, -0.15) is 0 Å². The third-order valence-electron chi connectivity index (χ3n) is 6.89. The summed E-state index contributed by atoms with van der Waals surface area (Å²) in [5, 5.41) is 28.0. The van der Waals surface area contributed by atoms with Gasteiger partial charge < -0.3 is 21.1 Å². The highest BCUT2D eigenvalue weighted by Gasteiger charge is 2.33. The number of halogens is 5. The minimum absolute atomic E-state index is 0.00904. The predicted octanol–water partition coefficient (Wildman–Crippen LogP) is 9.50. The predicted molar refractivity (Wildman–Crippen MR) is 164 cm³/mol. The Morgan fingerprint density at radius 1 is 0.711 bits per heavy atom. The Balaban J connectivity index is 0.000000499. The number of phenolic OH excluding ortho intramolecular Hbond substituents is 1. The summed E-state index contributed by atoms with van der Waals surface area (Å²) in [7, 11) is 0. The number of aromatic hydroxyl groups is 1. The van der Waals surface area contributed by atoms with Crippen LogP contribution in [0.5, 0.6) is 5.75 Å². The molecule has 0 fully saturated rings. The Morgan fingerprint density at radius 3 is 1.63 bits per heavy atom. The van der Waals surface area contributed by atoms with Gasteiger partial charge in [0.2, 0.25) is 0 Å². The van der Waals surface area contributed by atoms with E-state index in [4.69, 9.17) is 63.7 Å². The lowest BCUT2D eigenvalue weighted by Gasteiger charge is -2.37. The Bertz CT molecular complexity index is 819. The van der Waals surface area contributed by atoms with E-state index in [-0.39, 0.29) is 44.1 Å². The molecule has 2 aromatic rings. The highest BCUT2D eigenvalue weighted by molar-refractivity contribution is 6.55. The number of unbranched alkanes of at least 4 members (excludes halogenated alkanes) is 7. The molecule has 0 saturated heterocycles. The first-order valence-corrected chi connectivity index (χ1v) is 15.3. The van der Waals surface area contributed by atoms with Gasteiger partial charge in [-0.15, -0.1) is 0 Å². The number of hydrogen-bond donors (Lipinski definition) is 4. The molecular weight excluding hydrogens is 588 g/mol. The molecule has 216 valence electrons. The molecule has 38 heavy (non-hydrogen) atoms. The Hall–Kier alpha value is -0.430. The monoisotopic (exact) mass is 627 g/mol. The fourth-order valence-corrected chi connectivity index (χ4v) is 5.69. The molecule has 5 N–H and O–H groups in total. The summed E-state index contributed by atoms with van der Waals surface area (Å²) in [6.45, 7) is 2.42. The topological polar surface area (TPSA) is 86.7 Å².